The zero-order valence-corrected chi connectivity index (χ0v) is 12.1. The van der Waals surface area contributed by atoms with E-state index in [4.69, 9.17) is 0 Å². The number of amides is 1. The minimum Gasteiger partial charge on any atom is -0.347 e. The van der Waals surface area contributed by atoms with Crippen molar-refractivity contribution in [2.75, 3.05) is 6.54 Å². The number of hydrogen-bond donors (Lipinski definition) is 1. The Labute approximate surface area is 111 Å². The smallest absolute Gasteiger partial charge is 0.251 e. The lowest BCUT2D eigenvalue weighted by Gasteiger charge is -2.19. The summed E-state index contributed by atoms with van der Waals surface area (Å²) in [6.45, 7) is 10.6. The van der Waals surface area contributed by atoms with Crippen molar-refractivity contribution in [2.24, 2.45) is 0 Å². The van der Waals surface area contributed by atoms with Crippen LogP contribution in [-0.4, -0.2) is 12.5 Å². The van der Waals surface area contributed by atoms with Crippen LogP contribution in [0.2, 0.25) is 0 Å². The van der Waals surface area contributed by atoms with Gasteiger partial charge in [0, 0.05) is 16.6 Å². The van der Waals surface area contributed by atoms with Crippen molar-refractivity contribution in [3.63, 3.8) is 0 Å². The van der Waals surface area contributed by atoms with Crippen molar-refractivity contribution in [3.8, 4) is 0 Å². The van der Waals surface area contributed by atoms with E-state index in [1.165, 1.54) is 5.56 Å². The van der Waals surface area contributed by atoms with E-state index in [1.807, 2.05) is 24.3 Å². The standard InChI is InChI=1S/C14H18BrNO/c1-10(15)9-16-13(17)11-5-7-12(8-6-11)14(2,3)4/h5-8H,1,9H2,2-4H3,(H,16,17). The maximum atomic E-state index is 11.7. The normalized spacial score (nSPS) is 11.1. The van der Waals surface area contributed by atoms with E-state index in [0.29, 0.717) is 12.1 Å². The van der Waals surface area contributed by atoms with Gasteiger partial charge in [0.1, 0.15) is 0 Å². The predicted molar refractivity (Wildman–Crippen MR) is 75.5 cm³/mol. The second-order valence-electron chi connectivity index (χ2n) is 5.03. The molecule has 0 atom stereocenters. The van der Waals surface area contributed by atoms with Gasteiger partial charge in [-0.1, -0.05) is 55.4 Å². The van der Waals surface area contributed by atoms with Gasteiger partial charge in [-0.2, -0.15) is 0 Å². The molecule has 1 N–H and O–H groups in total. The van der Waals surface area contributed by atoms with Crippen molar-refractivity contribution in [1.82, 2.24) is 5.32 Å². The van der Waals surface area contributed by atoms with Crippen LogP contribution in [0.1, 0.15) is 36.7 Å². The van der Waals surface area contributed by atoms with Crippen molar-refractivity contribution in [2.45, 2.75) is 26.2 Å². The predicted octanol–water partition coefficient (Wildman–Crippen LogP) is 3.62. The van der Waals surface area contributed by atoms with Gasteiger partial charge in [-0.15, -0.1) is 0 Å². The van der Waals surface area contributed by atoms with Crippen LogP contribution in [0.5, 0.6) is 0 Å². The minimum atomic E-state index is -0.0777. The van der Waals surface area contributed by atoms with Crippen LogP contribution in [0.25, 0.3) is 0 Å². The quantitative estimate of drug-likeness (QED) is 0.907. The lowest BCUT2D eigenvalue weighted by molar-refractivity contribution is 0.0957. The maximum Gasteiger partial charge on any atom is 0.251 e. The molecule has 0 bridgehead atoms. The SMILES string of the molecule is C=C(Br)CNC(=O)c1ccc(C(C)(C)C)cc1. The molecule has 1 amide bonds. The Bertz CT molecular complexity index is 415. The van der Waals surface area contributed by atoms with Crippen LogP contribution in [-0.2, 0) is 5.41 Å². The molecule has 17 heavy (non-hydrogen) atoms. The van der Waals surface area contributed by atoms with Gasteiger partial charge in [-0.05, 0) is 23.1 Å². The summed E-state index contributed by atoms with van der Waals surface area (Å²) in [5.41, 5.74) is 2.00. The summed E-state index contributed by atoms with van der Waals surface area (Å²) in [7, 11) is 0. The van der Waals surface area contributed by atoms with Crippen LogP contribution >= 0.6 is 15.9 Å². The Morgan fingerprint density at radius 3 is 2.24 bits per heavy atom. The molecule has 1 rings (SSSR count). The Hall–Kier alpha value is -1.09. The summed E-state index contributed by atoms with van der Waals surface area (Å²) in [5.74, 6) is -0.0777. The molecule has 0 saturated carbocycles. The highest BCUT2D eigenvalue weighted by atomic mass is 79.9. The first-order valence-corrected chi connectivity index (χ1v) is 6.32. The average Bonchev–Trinajstić information content (AvgIpc) is 2.25. The lowest BCUT2D eigenvalue weighted by atomic mass is 9.87. The molecular formula is C14H18BrNO. The van der Waals surface area contributed by atoms with Crippen LogP contribution in [0.15, 0.2) is 35.3 Å². The number of rotatable bonds is 3. The fraction of sp³-hybridized carbons (Fsp3) is 0.357. The summed E-state index contributed by atoms with van der Waals surface area (Å²) >= 11 is 3.20. The second-order valence-corrected chi connectivity index (χ2v) is 6.15. The number of carbonyl (C=O) groups is 1. The van der Waals surface area contributed by atoms with Crippen molar-refractivity contribution in [3.05, 3.63) is 46.5 Å². The zero-order valence-electron chi connectivity index (χ0n) is 10.5. The highest BCUT2D eigenvalue weighted by molar-refractivity contribution is 9.11. The van der Waals surface area contributed by atoms with Gasteiger partial charge in [-0.3, -0.25) is 4.79 Å². The first-order chi connectivity index (χ1) is 7.80. The molecule has 1 aromatic rings. The lowest BCUT2D eigenvalue weighted by Crippen LogP contribution is -2.24. The molecule has 1 aromatic carbocycles. The third-order valence-electron chi connectivity index (χ3n) is 2.45. The van der Waals surface area contributed by atoms with Gasteiger partial charge in [0.15, 0.2) is 0 Å². The van der Waals surface area contributed by atoms with E-state index in [1.54, 1.807) is 0 Å². The maximum absolute atomic E-state index is 11.7. The molecule has 0 fully saturated rings. The van der Waals surface area contributed by atoms with E-state index >= 15 is 0 Å². The number of halogens is 1. The fourth-order valence-corrected chi connectivity index (χ4v) is 1.54. The van der Waals surface area contributed by atoms with E-state index in [0.717, 1.165) is 4.48 Å². The van der Waals surface area contributed by atoms with Gasteiger partial charge in [-0.25, -0.2) is 0 Å². The highest BCUT2D eigenvalue weighted by Crippen LogP contribution is 2.22. The van der Waals surface area contributed by atoms with Gasteiger partial charge < -0.3 is 5.32 Å². The van der Waals surface area contributed by atoms with Crippen LogP contribution in [0.4, 0.5) is 0 Å². The van der Waals surface area contributed by atoms with Crippen molar-refractivity contribution in [1.29, 1.82) is 0 Å². The highest BCUT2D eigenvalue weighted by Gasteiger charge is 2.14. The Balaban J connectivity index is 2.74. The molecule has 3 heteroatoms. The third-order valence-corrected chi connectivity index (χ3v) is 2.73. The molecule has 0 heterocycles. The summed E-state index contributed by atoms with van der Waals surface area (Å²) in [5, 5.41) is 2.77. The summed E-state index contributed by atoms with van der Waals surface area (Å²) in [6.07, 6.45) is 0. The summed E-state index contributed by atoms with van der Waals surface area (Å²) in [6, 6.07) is 7.70. The minimum absolute atomic E-state index is 0.0777. The molecule has 0 aromatic heterocycles. The topological polar surface area (TPSA) is 29.1 Å². The Morgan fingerprint density at radius 1 is 1.29 bits per heavy atom. The van der Waals surface area contributed by atoms with Crippen molar-refractivity contribution >= 4 is 21.8 Å². The number of hydrogen-bond acceptors (Lipinski definition) is 1. The van der Waals surface area contributed by atoms with Gasteiger partial charge in [0.05, 0.1) is 0 Å². The average molecular weight is 296 g/mol. The summed E-state index contributed by atoms with van der Waals surface area (Å²) < 4.78 is 0.761. The number of nitrogens with one attached hydrogen (secondary N) is 1. The molecule has 0 unspecified atom stereocenters. The molecule has 0 saturated heterocycles. The molecule has 0 aliphatic heterocycles. The largest absolute Gasteiger partial charge is 0.347 e. The molecule has 0 spiro atoms. The van der Waals surface area contributed by atoms with Crippen LogP contribution in [0.3, 0.4) is 0 Å². The Kier molecular flexibility index (Phi) is 4.52. The monoisotopic (exact) mass is 295 g/mol. The van der Waals surface area contributed by atoms with Crippen LogP contribution in [0, 0.1) is 0 Å². The summed E-state index contributed by atoms with van der Waals surface area (Å²) in [4.78, 5) is 11.7. The Morgan fingerprint density at radius 2 is 1.82 bits per heavy atom. The molecule has 0 radical (unpaired) electrons. The molecule has 92 valence electrons. The van der Waals surface area contributed by atoms with E-state index in [2.05, 4.69) is 48.6 Å². The van der Waals surface area contributed by atoms with E-state index in [9.17, 15) is 4.79 Å². The van der Waals surface area contributed by atoms with Gasteiger partial charge in [0.2, 0.25) is 0 Å². The fourth-order valence-electron chi connectivity index (χ4n) is 1.40. The third kappa shape index (κ3) is 4.35. The molecule has 0 aliphatic carbocycles. The van der Waals surface area contributed by atoms with E-state index in [-0.39, 0.29) is 11.3 Å². The van der Waals surface area contributed by atoms with Gasteiger partial charge in [0.25, 0.3) is 5.91 Å². The first kappa shape index (κ1) is 14.0. The number of carbonyl (C=O) groups excluding carboxylic acids is 1. The second kappa shape index (κ2) is 5.50. The molecule has 0 aliphatic rings. The zero-order chi connectivity index (χ0) is 13.1. The van der Waals surface area contributed by atoms with Crippen LogP contribution < -0.4 is 5.32 Å². The molecule has 2 nitrogen and oxygen atoms in total. The first-order valence-electron chi connectivity index (χ1n) is 5.53. The van der Waals surface area contributed by atoms with E-state index < -0.39 is 0 Å². The van der Waals surface area contributed by atoms with Gasteiger partial charge >= 0.3 is 0 Å². The van der Waals surface area contributed by atoms with Crippen molar-refractivity contribution < 1.29 is 4.79 Å². The number of benzene rings is 1. The molecular weight excluding hydrogens is 278 g/mol.